The Labute approximate surface area is 136 Å². The zero-order chi connectivity index (χ0) is 15.3. The molecule has 110 valence electrons. The van der Waals surface area contributed by atoms with Crippen LogP contribution in [-0.2, 0) is 9.78 Å². The second-order valence-corrected chi connectivity index (χ2v) is 5.53. The molecular formula is C20H18OS. The summed E-state index contributed by atoms with van der Waals surface area (Å²) in [5, 5.41) is 0. The highest BCUT2D eigenvalue weighted by molar-refractivity contribution is 7.93. The first kappa shape index (κ1) is 14.9. The summed E-state index contributed by atoms with van der Waals surface area (Å²) in [6.07, 6.45) is 1.96. The first-order chi connectivity index (χ1) is 10.9. The average molecular weight is 306 g/mol. The summed E-state index contributed by atoms with van der Waals surface area (Å²) in [5.74, 6) is 0. The third-order valence-electron chi connectivity index (χ3n) is 3.75. The van der Waals surface area contributed by atoms with Gasteiger partial charge in [0, 0.05) is 6.26 Å². The summed E-state index contributed by atoms with van der Waals surface area (Å²) in [6.45, 7) is 0. The van der Waals surface area contributed by atoms with Crippen LogP contribution < -0.4 is 0 Å². The third-order valence-corrected chi connectivity index (χ3v) is 4.17. The van der Waals surface area contributed by atoms with E-state index < -0.39 is 5.60 Å². The van der Waals surface area contributed by atoms with E-state index >= 15 is 0 Å². The van der Waals surface area contributed by atoms with Crippen LogP contribution in [0.3, 0.4) is 0 Å². The Balaban J connectivity index is 2.29. The fourth-order valence-corrected chi connectivity index (χ4v) is 3.33. The van der Waals surface area contributed by atoms with Crippen LogP contribution in [0.2, 0.25) is 0 Å². The molecule has 0 unspecified atom stereocenters. The van der Waals surface area contributed by atoms with E-state index in [0.717, 1.165) is 16.7 Å². The number of hydrogen-bond donors (Lipinski definition) is 0. The van der Waals surface area contributed by atoms with E-state index in [1.807, 2.05) is 24.5 Å². The molecule has 0 fully saturated rings. The van der Waals surface area contributed by atoms with Crippen molar-refractivity contribution in [2.45, 2.75) is 5.60 Å². The molecule has 0 bridgehead atoms. The zero-order valence-electron chi connectivity index (χ0n) is 12.5. The van der Waals surface area contributed by atoms with Gasteiger partial charge in [0.1, 0.15) is 0 Å². The molecule has 0 saturated carbocycles. The van der Waals surface area contributed by atoms with Crippen molar-refractivity contribution in [3.8, 4) is 0 Å². The molecular weight excluding hydrogens is 288 g/mol. The lowest BCUT2D eigenvalue weighted by Crippen LogP contribution is -2.30. The van der Waals surface area contributed by atoms with Crippen molar-refractivity contribution in [3.63, 3.8) is 0 Å². The van der Waals surface area contributed by atoms with Crippen LogP contribution in [0.5, 0.6) is 0 Å². The van der Waals surface area contributed by atoms with Gasteiger partial charge in [0.2, 0.25) is 0 Å². The fraction of sp³-hybridized carbons (Fsp3) is 0.100. The van der Waals surface area contributed by atoms with Crippen LogP contribution in [-0.4, -0.2) is 6.26 Å². The first-order valence-electron chi connectivity index (χ1n) is 7.26. The van der Waals surface area contributed by atoms with Gasteiger partial charge in [-0.05, 0) is 28.7 Å². The van der Waals surface area contributed by atoms with Crippen molar-refractivity contribution in [1.82, 2.24) is 0 Å². The van der Waals surface area contributed by atoms with Gasteiger partial charge in [-0.3, -0.25) is 4.18 Å². The van der Waals surface area contributed by atoms with Gasteiger partial charge in [0.15, 0.2) is 5.60 Å². The highest BCUT2D eigenvalue weighted by Crippen LogP contribution is 2.42. The van der Waals surface area contributed by atoms with Gasteiger partial charge >= 0.3 is 0 Å². The zero-order valence-corrected chi connectivity index (χ0v) is 13.3. The summed E-state index contributed by atoms with van der Waals surface area (Å²) in [5.41, 5.74) is 2.77. The van der Waals surface area contributed by atoms with Crippen LogP contribution in [0, 0.1) is 0 Å². The minimum atomic E-state index is -0.608. The minimum absolute atomic E-state index is 0.608. The average Bonchev–Trinajstić information content (AvgIpc) is 2.62. The van der Waals surface area contributed by atoms with Crippen molar-refractivity contribution >= 4 is 12.0 Å². The SMILES string of the molecule is CSOC(c1ccccc1)(c1ccccc1)c1ccccc1. The number of hydrogen-bond acceptors (Lipinski definition) is 2. The summed E-state index contributed by atoms with van der Waals surface area (Å²) in [4.78, 5) is 0. The van der Waals surface area contributed by atoms with Crippen LogP contribution in [0.4, 0.5) is 0 Å². The maximum Gasteiger partial charge on any atom is 0.158 e. The first-order valence-corrected chi connectivity index (χ1v) is 8.41. The number of rotatable bonds is 5. The summed E-state index contributed by atoms with van der Waals surface area (Å²) < 4.78 is 6.30. The number of benzene rings is 3. The van der Waals surface area contributed by atoms with Gasteiger partial charge in [-0.2, -0.15) is 0 Å². The lowest BCUT2D eigenvalue weighted by molar-refractivity contribution is 0.194. The molecule has 0 heterocycles. The van der Waals surface area contributed by atoms with Crippen molar-refractivity contribution < 1.29 is 4.18 Å². The molecule has 22 heavy (non-hydrogen) atoms. The monoisotopic (exact) mass is 306 g/mol. The smallest absolute Gasteiger partial charge is 0.158 e. The summed E-state index contributed by atoms with van der Waals surface area (Å²) in [6, 6.07) is 31.2. The van der Waals surface area contributed by atoms with Crippen molar-refractivity contribution in [2.24, 2.45) is 0 Å². The topological polar surface area (TPSA) is 9.23 Å². The lowest BCUT2D eigenvalue weighted by Gasteiger charge is -2.34. The maximum absolute atomic E-state index is 6.30. The fourth-order valence-electron chi connectivity index (χ4n) is 2.79. The highest BCUT2D eigenvalue weighted by Gasteiger charge is 2.37. The molecule has 3 aromatic carbocycles. The largest absolute Gasteiger partial charge is 0.295 e. The summed E-state index contributed by atoms with van der Waals surface area (Å²) >= 11 is 1.39. The molecule has 0 saturated heterocycles. The van der Waals surface area contributed by atoms with E-state index in [2.05, 4.69) is 72.8 Å². The Hall–Kier alpha value is -2.03. The molecule has 0 radical (unpaired) electrons. The van der Waals surface area contributed by atoms with Gasteiger partial charge in [-0.25, -0.2) is 0 Å². The van der Waals surface area contributed by atoms with E-state index in [-0.39, 0.29) is 0 Å². The van der Waals surface area contributed by atoms with Gasteiger partial charge in [0.05, 0.1) is 0 Å². The molecule has 0 aliphatic carbocycles. The molecule has 2 heteroatoms. The quantitative estimate of drug-likeness (QED) is 0.469. The van der Waals surface area contributed by atoms with Crippen molar-refractivity contribution in [1.29, 1.82) is 0 Å². The van der Waals surface area contributed by atoms with E-state index in [4.69, 9.17) is 4.18 Å². The van der Waals surface area contributed by atoms with E-state index in [1.165, 1.54) is 12.0 Å². The Morgan fingerprint density at radius 2 is 0.909 bits per heavy atom. The summed E-state index contributed by atoms with van der Waals surface area (Å²) in [7, 11) is 0. The normalized spacial score (nSPS) is 11.3. The molecule has 3 rings (SSSR count). The Kier molecular flexibility index (Phi) is 4.62. The van der Waals surface area contributed by atoms with Crippen molar-refractivity contribution in [2.75, 3.05) is 6.26 Å². The van der Waals surface area contributed by atoms with E-state index in [1.54, 1.807) is 0 Å². The molecule has 0 aliphatic rings. The van der Waals surface area contributed by atoms with Gasteiger partial charge < -0.3 is 0 Å². The predicted molar refractivity (Wildman–Crippen MR) is 93.8 cm³/mol. The van der Waals surface area contributed by atoms with Gasteiger partial charge in [-0.1, -0.05) is 91.0 Å². The minimum Gasteiger partial charge on any atom is -0.295 e. The second kappa shape index (κ2) is 6.82. The Morgan fingerprint density at radius 1 is 0.591 bits per heavy atom. The van der Waals surface area contributed by atoms with Crippen LogP contribution in [0.1, 0.15) is 16.7 Å². The van der Waals surface area contributed by atoms with Crippen molar-refractivity contribution in [3.05, 3.63) is 108 Å². The molecule has 1 nitrogen and oxygen atoms in total. The third kappa shape index (κ3) is 2.68. The second-order valence-electron chi connectivity index (χ2n) is 5.03. The molecule has 0 spiro atoms. The van der Waals surface area contributed by atoms with Crippen LogP contribution in [0.15, 0.2) is 91.0 Å². The molecule has 0 aromatic heterocycles. The highest BCUT2D eigenvalue weighted by atomic mass is 32.2. The Bertz CT molecular complexity index is 599. The van der Waals surface area contributed by atoms with Crippen LogP contribution in [0.25, 0.3) is 0 Å². The molecule has 0 N–H and O–H groups in total. The Morgan fingerprint density at radius 3 is 1.18 bits per heavy atom. The van der Waals surface area contributed by atoms with Gasteiger partial charge in [-0.15, -0.1) is 0 Å². The molecule has 3 aromatic rings. The van der Waals surface area contributed by atoms with Crippen LogP contribution >= 0.6 is 12.0 Å². The van der Waals surface area contributed by atoms with Gasteiger partial charge in [0.25, 0.3) is 0 Å². The lowest BCUT2D eigenvalue weighted by atomic mass is 9.80. The molecule has 0 atom stereocenters. The van der Waals surface area contributed by atoms with E-state index in [9.17, 15) is 0 Å². The predicted octanol–water partition coefficient (Wildman–Crippen LogP) is 5.27. The molecule has 0 amide bonds. The standard InChI is InChI=1S/C20H18OS/c1-22-21-20(17-11-5-2-6-12-17,18-13-7-3-8-14-18)19-15-9-4-10-16-19/h2-16H,1H3. The molecule has 0 aliphatic heterocycles. The maximum atomic E-state index is 6.30. The van der Waals surface area contributed by atoms with E-state index in [0.29, 0.717) is 0 Å².